The number of amides is 1. The highest BCUT2D eigenvalue weighted by Gasteiger charge is 2.11. The number of carbonyl (C=O) groups excluding carboxylic acids is 1. The van der Waals surface area contributed by atoms with Gasteiger partial charge in [-0.25, -0.2) is 4.39 Å². The maximum Gasteiger partial charge on any atom is 0.258 e. The first-order valence-corrected chi connectivity index (χ1v) is 6.62. The molecule has 1 aromatic heterocycles. The molecule has 104 valence electrons. The summed E-state index contributed by atoms with van der Waals surface area (Å²) in [6, 6.07) is 8.98. The summed E-state index contributed by atoms with van der Waals surface area (Å²) in [6.45, 7) is 4.28. The fraction of sp³-hybridized carbons (Fsp3) is 0.250. The van der Waals surface area contributed by atoms with E-state index in [2.05, 4.69) is 24.1 Å². The van der Waals surface area contributed by atoms with Gasteiger partial charge in [0.2, 0.25) is 0 Å². The molecule has 0 fully saturated rings. The van der Waals surface area contributed by atoms with E-state index in [1.54, 1.807) is 0 Å². The maximum atomic E-state index is 13.4. The molecule has 2 aromatic rings. The summed E-state index contributed by atoms with van der Waals surface area (Å²) in [5.41, 5.74) is 1.87. The van der Waals surface area contributed by atoms with E-state index in [0.717, 1.165) is 12.6 Å². The third-order valence-electron chi connectivity index (χ3n) is 3.37. The van der Waals surface area contributed by atoms with E-state index in [-0.39, 0.29) is 5.56 Å². The Bertz CT molecular complexity index is 596. The van der Waals surface area contributed by atoms with Gasteiger partial charge in [0.05, 0.1) is 11.8 Å². The van der Waals surface area contributed by atoms with Gasteiger partial charge in [-0.1, -0.05) is 26.0 Å². The number of halogens is 1. The molecule has 0 aliphatic carbocycles. The van der Waals surface area contributed by atoms with Crippen molar-refractivity contribution >= 4 is 11.6 Å². The molecule has 0 spiro atoms. The predicted molar refractivity (Wildman–Crippen MR) is 77.3 cm³/mol. The van der Waals surface area contributed by atoms with Crippen LogP contribution in [0.1, 0.15) is 42.1 Å². The van der Waals surface area contributed by atoms with Crippen molar-refractivity contribution in [1.82, 2.24) is 4.98 Å². The van der Waals surface area contributed by atoms with Crippen LogP contribution in [0.4, 0.5) is 10.1 Å². The number of carbonyl (C=O) groups is 1. The number of aromatic nitrogens is 1. The van der Waals surface area contributed by atoms with Crippen molar-refractivity contribution < 1.29 is 9.18 Å². The van der Waals surface area contributed by atoms with Gasteiger partial charge in [0.25, 0.3) is 5.91 Å². The van der Waals surface area contributed by atoms with Crippen LogP contribution in [0.3, 0.4) is 0 Å². The third kappa shape index (κ3) is 3.20. The summed E-state index contributed by atoms with van der Waals surface area (Å²) >= 11 is 0. The Labute approximate surface area is 117 Å². The molecule has 0 bridgehead atoms. The van der Waals surface area contributed by atoms with Gasteiger partial charge in [-0.15, -0.1) is 0 Å². The second kappa shape index (κ2) is 6.28. The van der Waals surface area contributed by atoms with Gasteiger partial charge < -0.3 is 5.32 Å². The van der Waals surface area contributed by atoms with Crippen molar-refractivity contribution in [3.63, 3.8) is 0 Å². The lowest BCUT2D eigenvalue weighted by molar-refractivity contribution is 0.102. The fourth-order valence-electron chi connectivity index (χ4n) is 1.89. The van der Waals surface area contributed by atoms with Crippen LogP contribution >= 0.6 is 0 Å². The van der Waals surface area contributed by atoms with Crippen molar-refractivity contribution in [3.05, 3.63) is 59.7 Å². The lowest BCUT2D eigenvalue weighted by Gasteiger charge is -2.10. The predicted octanol–water partition coefficient (Wildman–Crippen LogP) is 3.99. The normalized spacial score (nSPS) is 11.9. The summed E-state index contributed by atoms with van der Waals surface area (Å²) in [7, 11) is 0. The summed E-state index contributed by atoms with van der Waals surface area (Å²) in [5.74, 6) is -0.611. The number of nitrogens with one attached hydrogen (secondary N) is 1. The molecule has 3 nitrogen and oxygen atoms in total. The molecule has 0 radical (unpaired) electrons. The van der Waals surface area contributed by atoms with Crippen LogP contribution in [0.5, 0.6) is 0 Å². The molecule has 0 aliphatic heterocycles. The SMILES string of the molecule is CCC(C)c1ccc(NC(=O)c2ccncc2F)cc1. The zero-order chi connectivity index (χ0) is 14.5. The van der Waals surface area contributed by atoms with Crippen LogP contribution in [0.2, 0.25) is 0 Å². The monoisotopic (exact) mass is 272 g/mol. The van der Waals surface area contributed by atoms with Crippen molar-refractivity contribution in [1.29, 1.82) is 0 Å². The Morgan fingerprint density at radius 1 is 1.30 bits per heavy atom. The lowest BCUT2D eigenvalue weighted by Crippen LogP contribution is -2.13. The second-order valence-electron chi connectivity index (χ2n) is 4.74. The Morgan fingerprint density at radius 2 is 2.00 bits per heavy atom. The molecular weight excluding hydrogens is 255 g/mol. The van der Waals surface area contributed by atoms with Crippen LogP contribution in [-0.2, 0) is 0 Å². The average Bonchev–Trinajstić information content (AvgIpc) is 2.47. The summed E-state index contributed by atoms with van der Waals surface area (Å²) in [4.78, 5) is 15.6. The first-order valence-electron chi connectivity index (χ1n) is 6.62. The number of anilines is 1. The maximum absolute atomic E-state index is 13.4. The van der Waals surface area contributed by atoms with Gasteiger partial charge in [0.1, 0.15) is 0 Å². The lowest BCUT2D eigenvalue weighted by atomic mass is 9.98. The fourth-order valence-corrected chi connectivity index (χ4v) is 1.89. The number of hydrogen-bond donors (Lipinski definition) is 1. The minimum Gasteiger partial charge on any atom is -0.322 e. The summed E-state index contributed by atoms with van der Waals surface area (Å²) in [6.07, 6.45) is 3.49. The molecule has 20 heavy (non-hydrogen) atoms. The van der Waals surface area contributed by atoms with Gasteiger partial charge in [-0.2, -0.15) is 0 Å². The molecule has 4 heteroatoms. The zero-order valence-corrected chi connectivity index (χ0v) is 11.6. The van der Waals surface area contributed by atoms with Gasteiger partial charge in [0.15, 0.2) is 5.82 Å². The average molecular weight is 272 g/mol. The first-order chi connectivity index (χ1) is 9.61. The Morgan fingerprint density at radius 3 is 2.60 bits per heavy atom. The molecule has 2 rings (SSSR count). The summed E-state index contributed by atoms with van der Waals surface area (Å²) in [5, 5.41) is 2.68. The number of hydrogen-bond acceptors (Lipinski definition) is 2. The Balaban J connectivity index is 2.11. The number of rotatable bonds is 4. The van der Waals surface area contributed by atoms with Gasteiger partial charge in [-0.3, -0.25) is 9.78 Å². The van der Waals surface area contributed by atoms with Crippen LogP contribution < -0.4 is 5.32 Å². The topological polar surface area (TPSA) is 42.0 Å². The number of benzene rings is 1. The van der Waals surface area contributed by atoms with Gasteiger partial charge in [0, 0.05) is 11.9 Å². The largest absolute Gasteiger partial charge is 0.322 e. The van der Waals surface area contributed by atoms with E-state index in [9.17, 15) is 9.18 Å². The third-order valence-corrected chi connectivity index (χ3v) is 3.37. The van der Waals surface area contributed by atoms with E-state index >= 15 is 0 Å². The zero-order valence-electron chi connectivity index (χ0n) is 11.6. The minimum absolute atomic E-state index is 0.00833. The molecule has 1 aromatic carbocycles. The smallest absolute Gasteiger partial charge is 0.258 e. The highest BCUT2D eigenvalue weighted by atomic mass is 19.1. The molecule has 1 heterocycles. The quantitative estimate of drug-likeness (QED) is 0.914. The molecule has 1 N–H and O–H groups in total. The molecule has 1 amide bonds. The van der Waals surface area contributed by atoms with Crippen molar-refractivity contribution in [2.75, 3.05) is 5.32 Å². The van der Waals surface area contributed by atoms with E-state index in [4.69, 9.17) is 0 Å². The Kier molecular flexibility index (Phi) is 4.45. The molecule has 1 unspecified atom stereocenters. The standard InChI is InChI=1S/C16H17FN2O/c1-3-11(2)12-4-6-13(7-5-12)19-16(20)14-8-9-18-10-15(14)17/h4-11H,3H2,1-2H3,(H,19,20). The van der Waals surface area contributed by atoms with Crippen LogP contribution in [0.15, 0.2) is 42.7 Å². The molecule has 0 saturated carbocycles. The van der Waals surface area contributed by atoms with Crippen molar-refractivity contribution in [2.24, 2.45) is 0 Å². The molecule has 1 atom stereocenters. The summed E-state index contributed by atoms with van der Waals surface area (Å²) < 4.78 is 13.4. The van der Waals surface area contributed by atoms with E-state index in [1.807, 2.05) is 24.3 Å². The van der Waals surface area contributed by atoms with Crippen LogP contribution in [0.25, 0.3) is 0 Å². The van der Waals surface area contributed by atoms with Gasteiger partial charge in [-0.05, 0) is 36.1 Å². The highest BCUT2D eigenvalue weighted by Crippen LogP contribution is 2.20. The second-order valence-corrected chi connectivity index (χ2v) is 4.74. The number of nitrogens with zero attached hydrogens (tertiary/aromatic N) is 1. The van der Waals surface area contributed by atoms with Gasteiger partial charge >= 0.3 is 0 Å². The highest BCUT2D eigenvalue weighted by molar-refractivity contribution is 6.04. The van der Waals surface area contributed by atoms with Crippen molar-refractivity contribution in [3.8, 4) is 0 Å². The van der Waals surface area contributed by atoms with Crippen LogP contribution in [-0.4, -0.2) is 10.9 Å². The Hall–Kier alpha value is -2.23. The van der Waals surface area contributed by atoms with E-state index in [0.29, 0.717) is 11.6 Å². The minimum atomic E-state index is -0.624. The molecule has 0 aliphatic rings. The van der Waals surface area contributed by atoms with Crippen LogP contribution in [0, 0.1) is 5.82 Å². The molecule has 0 saturated heterocycles. The van der Waals surface area contributed by atoms with E-state index in [1.165, 1.54) is 17.8 Å². The van der Waals surface area contributed by atoms with Crippen molar-refractivity contribution in [2.45, 2.75) is 26.2 Å². The number of pyridine rings is 1. The first kappa shape index (κ1) is 14.2. The molecular formula is C16H17FN2O. The van der Waals surface area contributed by atoms with E-state index < -0.39 is 11.7 Å².